The summed E-state index contributed by atoms with van der Waals surface area (Å²) in [6.07, 6.45) is 3.82. The SMILES string of the molecule is CN(c1nnc(-c2cc(F)c(/C(C=N)=C/N)cc2F)s1)C1CC(C)(C)NC(C)(C)C1. The van der Waals surface area contributed by atoms with Crippen LogP contribution in [-0.4, -0.2) is 40.6 Å². The number of rotatable bonds is 5. The highest BCUT2D eigenvalue weighted by Crippen LogP contribution is 2.37. The number of anilines is 1. The van der Waals surface area contributed by atoms with E-state index in [-0.39, 0.29) is 33.8 Å². The third kappa shape index (κ3) is 4.52. The maximum atomic E-state index is 14.7. The van der Waals surface area contributed by atoms with Gasteiger partial charge in [0.15, 0.2) is 5.01 Å². The fraction of sp³-hybridized carbons (Fsp3) is 0.476. The van der Waals surface area contributed by atoms with Gasteiger partial charge in [0.2, 0.25) is 5.13 Å². The van der Waals surface area contributed by atoms with E-state index in [2.05, 4.69) is 48.1 Å². The summed E-state index contributed by atoms with van der Waals surface area (Å²) in [6.45, 7) is 8.72. The number of nitrogens with zero attached hydrogens (tertiary/aromatic N) is 3. The van der Waals surface area contributed by atoms with Crippen LogP contribution in [0.15, 0.2) is 18.3 Å². The van der Waals surface area contributed by atoms with Gasteiger partial charge in [-0.05, 0) is 52.7 Å². The summed E-state index contributed by atoms with van der Waals surface area (Å²) in [5.74, 6) is -1.30. The topological polar surface area (TPSA) is 90.9 Å². The van der Waals surface area contributed by atoms with Crippen LogP contribution in [0.4, 0.5) is 13.9 Å². The normalized spacial score (nSPS) is 19.0. The van der Waals surface area contributed by atoms with Crippen LogP contribution in [0, 0.1) is 17.0 Å². The van der Waals surface area contributed by atoms with Crippen LogP contribution in [0.2, 0.25) is 0 Å². The van der Waals surface area contributed by atoms with Gasteiger partial charge in [0.25, 0.3) is 0 Å². The van der Waals surface area contributed by atoms with Crippen LogP contribution in [0.5, 0.6) is 0 Å². The minimum absolute atomic E-state index is 0.0254. The van der Waals surface area contributed by atoms with Gasteiger partial charge >= 0.3 is 0 Å². The van der Waals surface area contributed by atoms with Crippen molar-refractivity contribution in [2.75, 3.05) is 11.9 Å². The van der Waals surface area contributed by atoms with Gasteiger partial charge in [-0.1, -0.05) is 11.3 Å². The quantitative estimate of drug-likeness (QED) is 0.614. The number of piperidine rings is 1. The van der Waals surface area contributed by atoms with Gasteiger partial charge in [-0.3, -0.25) is 0 Å². The minimum Gasteiger partial charge on any atom is -0.404 e. The van der Waals surface area contributed by atoms with Crippen molar-refractivity contribution in [3.8, 4) is 10.6 Å². The van der Waals surface area contributed by atoms with E-state index in [4.69, 9.17) is 11.1 Å². The van der Waals surface area contributed by atoms with Crippen LogP contribution < -0.4 is 16.0 Å². The Balaban J connectivity index is 1.89. The maximum absolute atomic E-state index is 14.7. The summed E-state index contributed by atoms with van der Waals surface area (Å²) in [5.41, 5.74) is 5.43. The van der Waals surface area contributed by atoms with E-state index in [0.29, 0.717) is 10.1 Å². The van der Waals surface area contributed by atoms with Gasteiger partial charge in [0.05, 0.1) is 5.56 Å². The second-order valence-corrected chi connectivity index (χ2v) is 9.99. The van der Waals surface area contributed by atoms with E-state index < -0.39 is 11.6 Å². The van der Waals surface area contributed by atoms with Gasteiger partial charge in [0, 0.05) is 47.7 Å². The van der Waals surface area contributed by atoms with Crippen molar-refractivity contribution in [1.29, 1.82) is 5.41 Å². The lowest BCUT2D eigenvalue weighted by Crippen LogP contribution is -2.61. The molecule has 0 spiro atoms. The first-order valence-corrected chi connectivity index (χ1v) is 10.6. The second-order valence-electron chi connectivity index (χ2n) is 9.03. The highest BCUT2D eigenvalue weighted by atomic mass is 32.1. The van der Waals surface area contributed by atoms with Crippen LogP contribution in [0.3, 0.4) is 0 Å². The summed E-state index contributed by atoms with van der Waals surface area (Å²) in [7, 11) is 1.97. The molecule has 6 nitrogen and oxygen atoms in total. The average molecular weight is 435 g/mol. The minimum atomic E-state index is -0.668. The monoisotopic (exact) mass is 434 g/mol. The van der Waals surface area contributed by atoms with Crippen molar-refractivity contribution in [3.63, 3.8) is 0 Å². The maximum Gasteiger partial charge on any atom is 0.208 e. The lowest BCUT2D eigenvalue weighted by molar-refractivity contribution is 0.161. The molecule has 2 aromatic rings. The molecule has 1 saturated heterocycles. The van der Waals surface area contributed by atoms with Crippen molar-refractivity contribution in [1.82, 2.24) is 15.5 Å². The Bertz CT molecular complexity index is 966. The molecule has 162 valence electrons. The lowest BCUT2D eigenvalue weighted by Gasteiger charge is -2.48. The first-order valence-electron chi connectivity index (χ1n) is 9.74. The number of nitrogens with one attached hydrogen (secondary N) is 2. The van der Waals surface area contributed by atoms with Crippen LogP contribution in [0.1, 0.15) is 46.1 Å². The summed E-state index contributed by atoms with van der Waals surface area (Å²) < 4.78 is 29.3. The molecule has 0 unspecified atom stereocenters. The molecule has 2 heterocycles. The first kappa shape index (κ1) is 22.3. The molecular formula is C21H28F2N6S. The lowest BCUT2D eigenvalue weighted by atomic mass is 9.79. The Kier molecular flexibility index (Phi) is 5.97. The van der Waals surface area contributed by atoms with Crippen molar-refractivity contribution < 1.29 is 8.78 Å². The van der Waals surface area contributed by atoms with E-state index in [1.54, 1.807) is 0 Å². The Labute approximate surface area is 179 Å². The average Bonchev–Trinajstić information content (AvgIpc) is 3.11. The van der Waals surface area contributed by atoms with E-state index >= 15 is 0 Å². The number of hydrogen-bond donors (Lipinski definition) is 3. The van der Waals surface area contributed by atoms with Crippen molar-refractivity contribution in [3.05, 3.63) is 35.5 Å². The van der Waals surface area contributed by atoms with Crippen LogP contribution >= 0.6 is 11.3 Å². The van der Waals surface area contributed by atoms with E-state index in [1.807, 2.05) is 7.05 Å². The molecule has 0 aliphatic carbocycles. The van der Waals surface area contributed by atoms with Crippen LogP contribution in [0.25, 0.3) is 16.1 Å². The highest BCUT2D eigenvalue weighted by Gasteiger charge is 2.39. The molecule has 1 aromatic carbocycles. The largest absolute Gasteiger partial charge is 0.404 e. The highest BCUT2D eigenvalue weighted by molar-refractivity contribution is 7.18. The number of hydrogen-bond acceptors (Lipinski definition) is 7. The number of aromatic nitrogens is 2. The van der Waals surface area contributed by atoms with Gasteiger partial charge < -0.3 is 21.4 Å². The van der Waals surface area contributed by atoms with Gasteiger partial charge in [-0.25, -0.2) is 8.78 Å². The summed E-state index contributed by atoms with van der Waals surface area (Å²) in [6, 6.07) is 2.36. The van der Waals surface area contributed by atoms with Gasteiger partial charge in [0.1, 0.15) is 11.6 Å². The van der Waals surface area contributed by atoms with Crippen molar-refractivity contribution in [2.45, 2.75) is 57.7 Å². The number of benzene rings is 1. The fourth-order valence-corrected chi connectivity index (χ4v) is 5.21. The summed E-state index contributed by atoms with van der Waals surface area (Å²) in [4.78, 5) is 2.08. The molecule has 1 fully saturated rings. The molecule has 0 bridgehead atoms. The standard InChI is InChI=1S/C21H28F2N6S/c1-20(2)8-13(9-21(3,4)28-20)29(5)19-27-26-18(30-19)15-7-16(22)14(6-17(15)23)12(10-24)11-25/h6-7,10-11,13,24,28H,8-9,25H2,1-5H3/b12-11+,24-10?. The smallest absolute Gasteiger partial charge is 0.208 e. The molecule has 0 radical (unpaired) electrons. The van der Waals surface area contributed by atoms with Gasteiger partial charge in [-0.2, -0.15) is 0 Å². The predicted molar refractivity (Wildman–Crippen MR) is 119 cm³/mol. The predicted octanol–water partition coefficient (Wildman–Crippen LogP) is 4.18. The number of nitrogens with two attached hydrogens (primary N) is 1. The number of allylic oxidation sites excluding steroid dienone is 1. The molecule has 1 aromatic heterocycles. The zero-order valence-corrected chi connectivity index (χ0v) is 18.7. The molecule has 1 aliphatic heterocycles. The molecule has 0 saturated carbocycles. The zero-order valence-electron chi connectivity index (χ0n) is 17.9. The summed E-state index contributed by atoms with van der Waals surface area (Å²) >= 11 is 1.23. The van der Waals surface area contributed by atoms with E-state index in [9.17, 15) is 8.78 Å². The second kappa shape index (κ2) is 8.03. The van der Waals surface area contributed by atoms with E-state index in [1.165, 1.54) is 11.3 Å². The third-order valence-corrected chi connectivity index (χ3v) is 6.41. The van der Waals surface area contributed by atoms with Gasteiger partial charge in [-0.15, -0.1) is 10.2 Å². The molecule has 0 amide bonds. The Morgan fingerprint density at radius 2 is 1.83 bits per heavy atom. The molecule has 1 aliphatic rings. The van der Waals surface area contributed by atoms with E-state index in [0.717, 1.165) is 37.4 Å². The van der Waals surface area contributed by atoms with Crippen LogP contribution in [-0.2, 0) is 0 Å². The molecule has 30 heavy (non-hydrogen) atoms. The zero-order chi connectivity index (χ0) is 22.3. The Hall–Kier alpha value is -2.39. The van der Waals surface area contributed by atoms with Crippen molar-refractivity contribution in [2.24, 2.45) is 5.73 Å². The summed E-state index contributed by atoms with van der Waals surface area (Å²) in [5, 5.41) is 20.3. The molecular weight excluding hydrogens is 406 g/mol. The number of halogens is 2. The first-order chi connectivity index (χ1) is 14.0. The third-order valence-electron chi connectivity index (χ3n) is 5.37. The molecule has 0 atom stereocenters. The fourth-order valence-electron chi connectivity index (χ4n) is 4.31. The molecule has 9 heteroatoms. The Morgan fingerprint density at radius 3 is 2.40 bits per heavy atom. The Morgan fingerprint density at radius 1 is 1.20 bits per heavy atom. The molecule has 3 rings (SSSR count). The van der Waals surface area contributed by atoms with Crippen molar-refractivity contribution >= 4 is 28.3 Å². The molecule has 4 N–H and O–H groups in total.